The number of rotatable bonds is 16. The number of carbonyl (C=O) groups is 8. The van der Waals surface area contributed by atoms with Crippen LogP contribution in [0.1, 0.15) is 105 Å². The molecule has 8 unspecified atom stereocenters. The Bertz CT molecular complexity index is 2310. The van der Waals surface area contributed by atoms with Crippen molar-refractivity contribution >= 4 is 118 Å². The van der Waals surface area contributed by atoms with Crippen molar-refractivity contribution in [3.05, 3.63) is 99.2 Å². The minimum absolute atomic E-state index is 0.155. The summed E-state index contributed by atoms with van der Waals surface area (Å²) in [7, 11) is 0. The predicted molar refractivity (Wildman–Crippen MR) is 408 cm³/mol. The molecule has 0 amide bonds. The van der Waals surface area contributed by atoms with Crippen molar-refractivity contribution < 1.29 is 124 Å². The van der Waals surface area contributed by atoms with Crippen LogP contribution in [-0.4, -0.2) is 246 Å². The summed E-state index contributed by atoms with van der Waals surface area (Å²) in [5, 5.41) is 0. The van der Waals surface area contributed by atoms with Gasteiger partial charge in [-0.05, 0) is 139 Å². The zero-order valence-corrected chi connectivity index (χ0v) is 66.0. The fraction of sp³-hybridized carbons (Fsp3) is 0.667. The van der Waals surface area contributed by atoms with E-state index in [4.69, 9.17) is 85.3 Å². The van der Waals surface area contributed by atoms with E-state index in [1.54, 1.807) is 98.3 Å². The molecule has 0 aromatic rings. The molecule has 0 aromatic carbocycles. The number of carbonyl (C=O) groups excluding carboxylic acids is 8. The molecular weight excluding hydrogens is 1470 g/mol. The summed E-state index contributed by atoms with van der Waals surface area (Å²) in [6, 6.07) is 0. The lowest BCUT2D eigenvalue weighted by Gasteiger charge is -2.20. The van der Waals surface area contributed by atoms with Crippen molar-refractivity contribution in [2.45, 2.75) is 152 Å². The van der Waals surface area contributed by atoms with Gasteiger partial charge in [0.25, 0.3) is 0 Å². The first-order valence-electron chi connectivity index (χ1n) is 34.4. The Balaban J connectivity index is 0.000000595. The molecule has 26 nitrogen and oxygen atoms in total. The van der Waals surface area contributed by atoms with Crippen molar-refractivity contribution in [1.82, 2.24) is 0 Å². The number of ether oxygens (including phenoxy) is 18. The third-order valence-electron chi connectivity index (χ3n) is 12.9. The van der Waals surface area contributed by atoms with Gasteiger partial charge in [0.15, 0.2) is 21.7 Å². The van der Waals surface area contributed by atoms with E-state index in [0.717, 1.165) is 149 Å². The maximum absolute atomic E-state index is 11.2. The van der Waals surface area contributed by atoms with Gasteiger partial charge in [0, 0.05) is 86.2 Å². The molecule has 8 fully saturated rings. The molecule has 8 atom stereocenters. The minimum Gasteiger partial charge on any atom is -0.446 e. The van der Waals surface area contributed by atoms with Crippen LogP contribution in [0.3, 0.4) is 0 Å². The second-order valence-electron chi connectivity index (χ2n) is 22.6. The molecule has 0 bridgehead atoms. The second-order valence-corrected chi connectivity index (χ2v) is 29.9. The SMILES string of the molecule is C=C(C)C(=O)OC1COCCCCS1.C=C(C)C(=O)OC1COCCCO1.C=C(C)C(=O)OC1COCCCS1.C=C(C)C(=O)OC1CSCCCCO1.C=CC(=O)OC1COCCCCS1.C=CC(=O)OC1COCCCO1.C=CC(=O)OC1COCCCS1.C=CC(=O)OC1CSCCCCO1. The fourth-order valence-corrected chi connectivity index (χ4v) is 13.2. The molecular formula is C72H112O26S6. The van der Waals surface area contributed by atoms with Crippen molar-refractivity contribution in [1.29, 1.82) is 0 Å². The van der Waals surface area contributed by atoms with Gasteiger partial charge in [-0.1, -0.05) is 52.6 Å². The van der Waals surface area contributed by atoms with Gasteiger partial charge in [-0.3, -0.25) is 0 Å². The summed E-state index contributed by atoms with van der Waals surface area (Å²) in [6.45, 7) is 43.3. The lowest BCUT2D eigenvalue weighted by atomic mass is 10.3. The molecule has 32 heteroatoms. The first kappa shape index (κ1) is 97.4. The summed E-state index contributed by atoms with van der Waals surface area (Å²) in [5.41, 5.74) is 1.01. The molecule has 0 saturated carbocycles. The Labute approximate surface area is 640 Å². The summed E-state index contributed by atoms with van der Waals surface area (Å²) in [4.78, 5) is 87.8. The predicted octanol–water partition coefficient (Wildman–Crippen LogP) is 11.2. The average molecular weight is 1590 g/mol. The average Bonchev–Trinajstić information content (AvgIpc) is 2.26. The standard InChI is InChI=1S/2C10H16O3S.C9H14O4.3C9H14O3S.C8H12O4.C8H12O3S/c1-8(2)10(11)13-9-7-14-6-4-3-5-12-9;1-8(2)10(11)13-9-7-12-5-3-4-6-14-9;1-7(2)9(10)13-8-6-11-4-3-5-12-8;1-7(2)9(10)12-8-6-11-4-3-5-13-8;1-2-8(10)12-9-7-13-6-4-3-5-11-9;1-2-8(10)12-9-7-11-5-3-4-6-13-9;1-2-7(9)12-8-6-10-4-3-5-11-8;1-2-7(9)11-8-6-10-4-3-5-12-8/h2*9H,1,3-7H2,2H3;2*8H,1,3-6H2,2H3;2*2,9H,1,3-7H2;2*2,8H,1,3-6H2. The van der Waals surface area contributed by atoms with Crippen LogP contribution in [-0.2, 0) is 124 Å². The molecule has 8 aliphatic rings. The number of esters is 8. The second kappa shape index (κ2) is 65.5. The summed E-state index contributed by atoms with van der Waals surface area (Å²) < 4.78 is 92.7. The number of thioether (sulfide) groups is 6. The van der Waals surface area contributed by atoms with Gasteiger partial charge in [-0.25, -0.2) is 38.4 Å². The van der Waals surface area contributed by atoms with E-state index in [9.17, 15) is 38.4 Å². The van der Waals surface area contributed by atoms with Gasteiger partial charge in [-0.15, -0.1) is 47.0 Å². The van der Waals surface area contributed by atoms with E-state index in [2.05, 4.69) is 52.6 Å². The summed E-state index contributed by atoms with van der Waals surface area (Å²) in [6.07, 6.45) is 15.2. The van der Waals surface area contributed by atoms with E-state index in [-0.39, 0.29) is 51.6 Å². The molecule has 8 saturated heterocycles. The quantitative estimate of drug-likeness (QED) is 0.0787. The van der Waals surface area contributed by atoms with Crippen molar-refractivity contribution in [2.24, 2.45) is 0 Å². The Morgan fingerprint density at radius 3 is 0.913 bits per heavy atom. The maximum atomic E-state index is 11.2. The molecule has 104 heavy (non-hydrogen) atoms. The van der Waals surface area contributed by atoms with Crippen LogP contribution in [0, 0.1) is 0 Å². The van der Waals surface area contributed by atoms with Gasteiger partial charge in [0.1, 0.15) is 13.2 Å². The largest absolute Gasteiger partial charge is 0.446 e. The molecule has 8 rings (SSSR count). The summed E-state index contributed by atoms with van der Waals surface area (Å²) in [5.74, 6) is 4.59. The first-order valence-corrected chi connectivity index (χ1v) is 40.9. The van der Waals surface area contributed by atoms with Gasteiger partial charge in [0.2, 0.25) is 25.2 Å². The highest BCUT2D eigenvalue weighted by molar-refractivity contribution is 8.00. The first-order chi connectivity index (χ1) is 50.1. The highest BCUT2D eigenvalue weighted by Crippen LogP contribution is 2.23. The molecule has 0 radical (unpaired) electrons. The van der Waals surface area contributed by atoms with Crippen LogP contribution in [0.15, 0.2) is 99.2 Å². The van der Waals surface area contributed by atoms with Crippen molar-refractivity contribution in [3.8, 4) is 0 Å². The zero-order valence-electron chi connectivity index (χ0n) is 61.1. The number of hydrogen-bond acceptors (Lipinski definition) is 32. The van der Waals surface area contributed by atoms with Crippen LogP contribution in [0.5, 0.6) is 0 Å². The molecule has 8 aliphatic heterocycles. The van der Waals surface area contributed by atoms with Gasteiger partial charge in [-0.2, -0.15) is 23.5 Å². The van der Waals surface area contributed by atoms with Crippen LogP contribution in [0.25, 0.3) is 0 Å². The molecule has 0 N–H and O–H groups in total. The van der Waals surface area contributed by atoms with E-state index < -0.39 is 43.1 Å². The van der Waals surface area contributed by atoms with Crippen molar-refractivity contribution in [2.75, 3.05) is 152 Å². The molecule has 8 heterocycles. The van der Waals surface area contributed by atoms with Crippen LogP contribution in [0.4, 0.5) is 0 Å². The topological polar surface area (TPSA) is 303 Å². The van der Waals surface area contributed by atoms with E-state index in [0.29, 0.717) is 102 Å². The normalized spacial score (nSPS) is 23.7. The smallest absolute Gasteiger partial charge is 0.335 e. The van der Waals surface area contributed by atoms with E-state index in [1.807, 2.05) is 0 Å². The van der Waals surface area contributed by atoms with Crippen LogP contribution in [0.2, 0.25) is 0 Å². The number of hydrogen-bond donors (Lipinski definition) is 0. The van der Waals surface area contributed by atoms with Gasteiger partial charge < -0.3 is 85.3 Å². The zero-order chi connectivity index (χ0) is 76.8. The minimum atomic E-state index is -0.577. The monoisotopic (exact) mass is 1580 g/mol. The fourth-order valence-electron chi connectivity index (χ4n) is 7.54. The third kappa shape index (κ3) is 55.7. The van der Waals surface area contributed by atoms with E-state index >= 15 is 0 Å². The molecule has 0 spiro atoms. The van der Waals surface area contributed by atoms with Gasteiger partial charge in [0.05, 0.1) is 64.4 Å². The highest BCUT2D eigenvalue weighted by Gasteiger charge is 2.23. The highest BCUT2D eigenvalue weighted by atomic mass is 32.2. The van der Waals surface area contributed by atoms with Gasteiger partial charge >= 0.3 is 47.8 Å². The maximum Gasteiger partial charge on any atom is 0.335 e. The Kier molecular flexibility index (Phi) is 61.3. The lowest BCUT2D eigenvalue weighted by Crippen LogP contribution is -2.26. The molecule has 592 valence electrons. The Morgan fingerprint density at radius 2 is 0.538 bits per heavy atom. The van der Waals surface area contributed by atoms with E-state index in [1.165, 1.54) is 25.0 Å². The van der Waals surface area contributed by atoms with Crippen LogP contribution < -0.4 is 0 Å². The Morgan fingerprint density at radius 1 is 0.288 bits per heavy atom. The Hall–Kier alpha value is -4.62. The van der Waals surface area contributed by atoms with Crippen LogP contribution >= 0.6 is 70.6 Å². The molecule has 0 aromatic heterocycles. The molecule has 0 aliphatic carbocycles. The third-order valence-corrected chi connectivity index (χ3v) is 19.6. The summed E-state index contributed by atoms with van der Waals surface area (Å²) >= 11 is 10.0. The van der Waals surface area contributed by atoms with Crippen molar-refractivity contribution in [3.63, 3.8) is 0 Å². The lowest BCUT2D eigenvalue weighted by molar-refractivity contribution is -0.179.